The number of nitrogens with one attached hydrogen (secondary N) is 1. The van der Waals surface area contributed by atoms with Crippen LogP contribution in [0, 0.1) is 6.92 Å². The maximum atomic E-state index is 13.7. The predicted octanol–water partition coefficient (Wildman–Crippen LogP) is 4.84. The van der Waals surface area contributed by atoms with E-state index in [-0.39, 0.29) is 25.6 Å². The number of benzene rings is 2. The second kappa shape index (κ2) is 15.7. The number of carbonyl (C=O) groups is 2. The van der Waals surface area contributed by atoms with Crippen LogP contribution < -0.4 is 24.3 Å². The number of hydrogen-bond acceptors (Lipinski definition) is 8. The summed E-state index contributed by atoms with van der Waals surface area (Å²) >= 11 is 1.65. The molecule has 0 unspecified atom stereocenters. The number of amides is 3. The van der Waals surface area contributed by atoms with Crippen LogP contribution in [0.2, 0.25) is 0 Å². The first-order chi connectivity index (χ1) is 19.8. The van der Waals surface area contributed by atoms with Crippen molar-refractivity contribution in [2.75, 3.05) is 67.1 Å². The topological polar surface area (TPSA) is 98.8 Å². The van der Waals surface area contributed by atoms with Gasteiger partial charge in [0, 0.05) is 36.0 Å². The van der Waals surface area contributed by atoms with Gasteiger partial charge in [0.25, 0.3) is 0 Å². The molecule has 0 saturated carbocycles. The van der Waals surface area contributed by atoms with Gasteiger partial charge in [-0.05, 0) is 55.3 Å². The fourth-order valence-corrected chi connectivity index (χ4v) is 5.07. The zero-order valence-electron chi connectivity index (χ0n) is 24.5. The van der Waals surface area contributed by atoms with Crippen molar-refractivity contribution in [2.45, 2.75) is 19.9 Å². The van der Waals surface area contributed by atoms with E-state index in [0.717, 1.165) is 10.4 Å². The molecule has 3 aromatic rings. The molecule has 0 aliphatic carbocycles. The summed E-state index contributed by atoms with van der Waals surface area (Å²) < 4.78 is 26.7. The molecule has 10 nitrogen and oxygen atoms in total. The molecule has 0 radical (unpaired) electrons. The first kappa shape index (κ1) is 31.6. The summed E-state index contributed by atoms with van der Waals surface area (Å²) in [5.74, 6) is 2.14. The van der Waals surface area contributed by atoms with E-state index < -0.39 is 6.03 Å². The molecular weight excluding hydrogens is 546 g/mol. The minimum absolute atomic E-state index is 0.121. The van der Waals surface area contributed by atoms with Crippen molar-refractivity contribution < 1.29 is 33.3 Å². The van der Waals surface area contributed by atoms with Crippen LogP contribution in [0.3, 0.4) is 0 Å². The van der Waals surface area contributed by atoms with Crippen LogP contribution in [-0.2, 0) is 22.5 Å². The molecule has 222 valence electrons. The van der Waals surface area contributed by atoms with Crippen molar-refractivity contribution in [3.05, 3.63) is 63.8 Å². The fourth-order valence-electron chi connectivity index (χ4n) is 4.16. The van der Waals surface area contributed by atoms with Crippen molar-refractivity contribution in [1.29, 1.82) is 0 Å². The molecule has 0 atom stereocenters. The number of methoxy groups -OCH3 is 5. The molecule has 0 fully saturated rings. The van der Waals surface area contributed by atoms with Crippen LogP contribution in [0.15, 0.2) is 48.5 Å². The van der Waals surface area contributed by atoms with Gasteiger partial charge in [0.2, 0.25) is 5.91 Å². The molecule has 1 N–H and O–H groups in total. The van der Waals surface area contributed by atoms with Crippen LogP contribution in [0.4, 0.5) is 10.5 Å². The average Bonchev–Trinajstić information content (AvgIpc) is 3.41. The standard InChI is InChI=1S/C30H39N3O7S/c1-21-7-10-24(41-21)19-32(14-13-22-8-12-26(38-4)28(17-22)40-6)29(34)20-33(15-16-36-2)30(35)31-25-11-9-23(37-3)18-27(25)39-5/h7-12,17-18H,13-16,19-20H2,1-6H3,(H,31,35). The van der Waals surface area contributed by atoms with Crippen molar-refractivity contribution >= 4 is 29.0 Å². The Labute approximate surface area is 245 Å². The summed E-state index contributed by atoms with van der Waals surface area (Å²) in [6.07, 6.45) is 0.601. The molecule has 0 bridgehead atoms. The summed E-state index contributed by atoms with van der Waals surface area (Å²) in [5, 5.41) is 2.86. The van der Waals surface area contributed by atoms with Gasteiger partial charge in [-0.2, -0.15) is 0 Å². The predicted molar refractivity (Wildman–Crippen MR) is 160 cm³/mol. The van der Waals surface area contributed by atoms with E-state index in [4.69, 9.17) is 23.7 Å². The van der Waals surface area contributed by atoms with Gasteiger partial charge in [-0.15, -0.1) is 11.3 Å². The molecule has 0 aliphatic heterocycles. The molecule has 1 aromatic heterocycles. The van der Waals surface area contributed by atoms with Gasteiger partial charge >= 0.3 is 6.03 Å². The first-order valence-corrected chi connectivity index (χ1v) is 13.9. The highest BCUT2D eigenvalue weighted by Gasteiger charge is 2.23. The van der Waals surface area contributed by atoms with Crippen molar-refractivity contribution in [3.8, 4) is 23.0 Å². The van der Waals surface area contributed by atoms with E-state index in [1.54, 1.807) is 62.9 Å². The van der Waals surface area contributed by atoms with Gasteiger partial charge < -0.3 is 38.8 Å². The lowest BCUT2D eigenvalue weighted by Gasteiger charge is -2.28. The summed E-state index contributed by atoms with van der Waals surface area (Å²) in [6, 6.07) is 14.5. The Morgan fingerprint density at radius 1 is 0.805 bits per heavy atom. The Bertz CT molecular complexity index is 1300. The number of thiophene rings is 1. The minimum atomic E-state index is -0.439. The van der Waals surface area contributed by atoms with Crippen LogP contribution in [0.1, 0.15) is 15.3 Å². The minimum Gasteiger partial charge on any atom is -0.497 e. The third-order valence-electron chi connectivity index (χ3n) is 6.44. The van der Waals surface area contributed by atoms with Crippen LogP contribution in [0.5, 0.6) is 23.0 Å². The highest BCUT2D eigenvalue weighted by molar-refractivity contribution is 7.11. The van der Waals surface area contributed by atoms with Gasteiger partial charge in [0.1, 0.15) is 18.0 Å². The number of ether oxygens (including phenoxy) is 5. The largest absolute Gasteiger partial charge is 0.497 e. The highest BCUT2D eigenvalue weighted by atomic mass is 32.1. The van der Waals surface area contributed by atoms with Crippen LogP contribution in [-0.4, -0.2) is 83.5 Å². The van der Waals surface area contributed by atoms with E-state index >= 15 is 0 Å². The Morgan fingerprint density at radius 3 is 2.20 bits per heavy atom. The van der Waals surface area contributed by atoms with Gasteiger partial charge in [0.05, 0.1) is 47.3 Å². The van der Waals surface area contributed by atoms with E-state index in [1.165, 1.54) is 16.9 Å². The summed E-state index contributed by atoms with van der Waals surface area (Å²) in [5.41, 5.74) is 1.47. The molecule has 0 aliphatic rings. The van der Waals surface area contributed by atoms with Gasteiger partial charge in [-0.1, -0.05) is 6.07 Å². The Morgan fingerprint density at radius 2 is 1.56 bits per heavy atom. The number of aryl methyl sites for hydroxylation is 1. The molecule has 0 saturated heterocycles. The van der Waals surface area contributed by atoms with Crippen LogP contribution in [0.25, 0.3) is 0 Å². The van der Waals surface area contributed by atoms with Crippen LogP contribution >= 0.6 is 11.3 Å². The smallest absolute Gasteiger partial charge is 0.322 e. The molecule has 3 rings (SSSR count). The monoisotopic (exact) mass is 585 g/mol. The van der Waals surface area contributed by atoms with E-state index in [1.807, 2.05) is 37.3 Å². The number of hydrogen-bond donors (Lipinski definition) is 1. The third kappa shape index (κ3) is 9.02. The lowest BCUT2D eigenvalue weighted by atomic mass is 10.1. The Balaban J connectivity index is 1.78. The Kier molecular flexibility index (Phi) is 12.1. The lowest BCUT2D eigenvalue weighted by Crippen LogP contribution is -2.46. The van der Waals surface area contributed by atoms with Crippen molar-refractivity contribution in [3.63, 3.8) is 0 Å². The molecule has 2 aromatic carbocycles. The Hall–Kier alpha value is -3.96. The number of nitrogens with zero attached hydrogens (tertiary/aromatic N) is 2. The second-order valence-corrected chi connectivity index (χ2v) is 10.6. The van der Waals surface area contributed by atoms with Crippen molar-refractivity contribution in [1.82, 2.24) is 9.80 Å². The molecule has 1 heterocycles. The zero-order valence-corrected chi connectivity index (χ0v) is 25.3. The summed E-state index contributed by atoms with van der Waals surface area (Å²) in [7, 11) is 7.81. The normalized spacial score (nSPS) is 10.6. The summed E-state index contributed by atoms with van der Waals surface area (Å²) in [6.45, 7) is 3.32. The molecule has 3 amide bonds. The third-order valence-corrected chi connectivity index (χ3v) is 7.43. The molecular formula is C30H39N3O7S. The lowest BCUT2D eigenvalue weighted by molar-refractivity contribution is -0.132. The van der Waals surface area contributed by atoms with Gasteiger partial charge in [-0.3, -0.25) is 4.79 Å². The molecule has 11 heteroatoms. The van der Waals surface area contributed by atoms with Gasteiger partial charge in [-0.25, -0.2) is 4.79 Å². The fraction of sp³-hybridized carbons (Fsp3) is 0.400. The number of anilines is 1. The maximum absolute atomic E-state index is 13.7. The number of urea groups is 1. The molecule has 0 spiro atoms. The average molecular weight is 586 g/mol. The maximum Gasteiger partial charge on any atom is 0.322 e. The quantitative estimate of drug-likeness (QED) is 0.273. The molecule has 41 heavy (non-hydrogen) atoms. The second-order valence-electron chi connectivity index (χ2n) is 9.18. The number of carbonyl (C=O) groups excluding carboxylic acids is 2. The SMILES string of the molecule is COCCN(CC(=O)N(CCc1ccc(OC)c(OC)c1)Cc1ccc(C)s1)C(=O)Nc1ccc(OC)cc1OC. The van der Waals surface area contributed by atoms with E-state index in [2.05, 4.69) is 5.32 Å². The van der Waals surface area contributed by atoms with Crippen molar-refractivity contribution in [2.24, 2.45) is 0 Å². The van der Waals surface area contributed by atoms with E-state index in [9.17, 15) is 9.59 Å². The van der Waals surface area contributed by atoms with E-state index in [0.29, 0.717) is 48.2 Å². The summed E-state index contributed by atoms with van der Waals surface area (Å²) in [4.78, 5) is 32.5. The number of rotatable bonds is 15. The first-order valence-electron chi connectivity index (χ1n) is 13.1. The van der Waals surface area contributed by atoms with Gasteiger partial charge in [0.15, 0.2) is 11.5 Å². The highest BCUT2D eigenvalue weighted by Crippen LogP contribution is 2.30. The zero-order chi connectivity index (χ0) is 29.8.